The molecule has 1 rings (SSSR count). The molecule has 0 spiro atoms. The van der Waals surface area contributed by atoms with E-state index in [0.717, 1.165) is 5.56 Å². The van der Waals surface area contributed by atoms with Gasteiger partial charge in [0.05, 0.1) is 12.6 Å². The van der Waals surface area contributed by atoms with Crippen LogP contribution in [0.15, 0.2) is 35.3 Å². The van der Waals surface area contributed by atoms with Crippen molar-refractivity contribution in [2.45, 2.75) is 102 Å². The van der Waals surface area contributed by atoms with Crippen LogP contribution in [0.4, 0.5) is 0 Å². The fourth-order valence-electron chi connectivity index (χ4n) is 5.03. The molecule has 0 aliphatic heterocycles. The van der Waals surface area contributed by atoms with Gasteiger partial charge in [0.2, 0.25) is 29.5 Å². The maximum absolute atomic E-state index is 13.7. The molecule has 1 aromatic rings. The standard InChI is InChI=1S/C34H55N9O10/c1-18(2)15-24(41-28(47)21(35)16-20-9-6-5-7-10-20)31(50)43-27(19(3)4)32(51)40-22(11-8-14-38-34(36)37)29(48)39-23(12-13-26(45)46)30(49)42-25(17-44)33(52)53/h5-7,9-10,18-19,21-25,27,44H,8,11-17,35H2,1-4H3,(H,39,48)(H,40,51)(H,41,47)(H,42,49)(H,43,50)(H,45,46)(H,52,53)(H4,36,37,38)/t21-,22-,23-,24-,25-,27-/m0/s1. The Morgan fingerprint density at radius 3 is 1.75 bits per heavy atom. The van der Waals surface area contributed by atoms with Crippen molar-refractivity contribution in [3.63, 3.8) is 0 Å². The van der Waals surface area contributed by atoms with Crippen LogP contribution in [0.25, 0.3) is 0 Å². The average Bonchev–Trinajstić information content (AvgIpc) is 3.08. The summed E-state index contributed by atoms with van der Waals surface area (Å²) in [5.41, 5.74) is 17.8. The minimum Gasteiger partial charge on any atom is -0.481 e. The van der Waals surface area contributed by atoms with Crippen molar-refractivity contribution in [1.29, 1.82) is 0 Å². The quantitative estimate of drug-likeness (QED) is 0.0301. The molecule has 0 bridgehead atoms. The van der Waals surface area contributed by atoms with E-state index in [4.69, 9.17) is 17.2 Å². The van der Waals surface area contributed by atoms with Gasteiger partial charge in [0, 0.05) is 13.0 Å². The number of hydrogen-bond donors (Lipinski definition) is 11. The highest BCUT2D eigenvalue weighted by Crippen LogP contribution is 2.11. The van der Waals surface area contributed by atoms with Gasteiger partial charge in [-0.15, -0.1) is 0 Å². The number of aliphatic carboxylic acids is 2. The van der Waals surface area contributed by atoms with Gasteiger partial charge in [-0.2, -0.15) is 0 Å². The third kappa shape index (κ3) is 17.7. The second-order valence-electron chi connectivity index (χ2n) is 13.3. The summed E-state index contributed by atoms with van der Waals surface area (Å²) in [6.07, 6.45) is -0.534. The van der Waals surface area contributed by atoms with Gasteiger partial charge in [0.15, 0.2) is 5.96 Å². The van der Waals surface area contributed by atoms with Crippen LogP contribution >= 0.6 is 0 Å². The van der Waals surface area contributed by atoms with E-state index >= 15 is 0 Å². The van der Waals surface area contributed by atoms with Gasteiger partial charge >= 0.3 is 11.9 Å². The number of rotatable bonds is 24. The molecule has 0 fully saturated rings. The molecule has 296 valence electrons. The summed E-state index contributed by atoms with van der Waals surface area (Å²) in [6.45, 7) is 6.07. The normalized spacial score (nSPS) is 14.4. The van der Waals surface area contributed by atoms with Crippen LogP contribution in [0.3, 0.4) is 0 Å². The number of carbonyl (C=O) groups is 7. The lowest BCUT2D eigenvalue weighted by Crippen LogP contribution is -2.60. The van der Waals surface area contributed by atoms with E-state index in [1.54, 1.807) is 13.8 Å². The molecular formula is C34H55N9O10. The molecule has 0 unspecified atom stereocenters. The summed E-state index contributed by atoms with van der Waals surface area (Å²) in [5, 5.41) is 40.1. The second kappa shape index (κ2) is 23.3. The maximum Gasteiger partial charge on any atom is 0.328 e. The minimum atomic E-state index is -1.74. The van der Waals surface area contributed by atoms with Gasteiger partial charge in [-0.05, 0) is 49.5 Å². The van der Waals surface area contributed by atoms with Crippen LogP contribution in [-0.2, 0) is 40.0 Å². The molecule has 0 radical (unpaired) electrons. The summed E-state index contributed by atoms with van der Waals surface area (Å²) in [7, 11) is 0. The van der Waals surface area contributed by atoms with Gasteiger partial charge in [0.25, 0.3) is 0 Å². The Balaban J connectivity index is 3.25. The van der Waals surface area contributed by atoms with Crippen molar-refractivity contribution in [1.82, 2.24) is 26.6 Å². The Bertz CT molecular complexity index is 1420. The van der Waals surface area contributed by atoms with Gasteiger partial charge in [0.1, 0.15) is 30.2 Å². The number of aliphatic hydroxyl groups excluding tert-OH is 1. The number of carboxylic acids is 2. The predicted molar refractivity (Wildman–Crippen MR) is 194 cm³/mol. The van der Waals surface area contributed by atoms with Crippen molar-refractivity contribution in [3.8, 4) is 0 Å². The molecule has 1 aromatic carbocycles. The van der Waals surface area contributed by atoms with Gasteiger partial charge in [-0.1, -0.05) is 58.0 Å². The first-order valence-electron chi connectivity index (χ1n) is 17.3. The lowest BCUT2D eigenvalue weighted by atomic mass is 9.98. The Hall–Kier alpha value is -5.30. The van der Waals surface area contributed by atoms with Crippen LogP contribution in [-0.4, -0.2) is 112 Å². The van der Waals surface area contributed by atoms with Crippen LogP contribution in [0.1, 0.15) is 65.4 Å². The van der Waals surface area contributed by atoms with E-state index in [1.165, 1.54) is 0 Å². The Labute approximate surface area is 308 Å². The molecule has 5 amide bonds. The maximum atomic E-state index is 13.7. The van der Waals surface area contributed by atoms with Gasteiger partial charge in [-0.3, -0.25) is 33.8 Å². The smallest absolute Gasteiger partial charge is 0.328 e. The van der Waals surface area contributed by atoms with Crippen molar-refractivity contribution in [3.05, 3.63) is 35.9 Å². The van der Waals surface area contributed by atoms with Gasteiger partial charge < -0.3 is 59.1 Å². The molecule has 0 aliphatic carbocycles. The summed E-state index contributed by atoms with van der Waals surface area (Å²) >= 11 is 0. The van der Waals surface area contributed by atoms with Crippen LogP contribution < -0.4 is 43.8 Å². The molecule has 0 saturated carbocycles. The average molecular weight is 750 g/mol. The molecular weight excluding hydrogens is 694 g/mol. The predicted octanol–water partition coefficient (Wildman–Crippen LogP) is -2.32. The second-order valence-corrected chi connectivity index (χ2v) is 13.3. The minimum absolute atomic E-state index is 0.0459. The van der Waals surface area contributed by atoms with Crippen molar-refractivity contribution in [2.24, 2.45) is 34.0 Å². The van der Waals surface area contributed by atoms with Crippen molar-refractivity contribution < 1.29 is 48.9 Å². The summed E-state index contributed by atoms with van der Waals surface area (Å²) in [5.74, 6) is -7.70. The van der Waals surface area contributed by atoms with E-state index in [1.807, 2.05) is 49.5 Å². The number of nitrogens with two attached hydrogens (primary N) is 3. The number of nitrogens with one attached hydrogen (secondary N) is 5. The molecule has 19 heteroatoms. The summed E-state index contributed by atoms with van der Waals surface area (Å²) < 4.78 is 0. The van der Waals surface area contributed by atoms with Crippen LogP contribution in [0, 0.1) is 11.8 Å². The number of guanidine groups is 1. The summed E-state index contributed by atoms with van der Waals surface area (Å²) in [4.78, 5) is 93.3. The van der Waals surface area contributed by atoms with Gasteiger partial charge in [-0.25, -0.2) is 4.79 Å². The fourth-order valence-corrected chi connectivity index (χ4v) is 5.03. The molecule has 0 aliphatic rings. The molecule has 14 N–H and O–H groups in total. The van der Waals surface area contributed by atoms with E-state index in [2.05, 4.69) is 26.3 Å². The number of nitrogens with zero attached hydrogens (tertiary/aromatic N) is 1. The molecule has 53 heavy (non-hydrogen) atoms. The molecule has 0 saturated heterocycles. The third-order valence-electron chi connectivity index (χ3n) is 7.88. The molecule has 0 aromatic heterocycles. The van der Waals surface area contributed by atoms with Crippen LogP contribution in [0.5, 0.6) is 0 Å². The zero-order valence-corrected chi connectivity index (χ0v) is 30.5. The first kappa shape index (κ1) is 45.7. The number of aliphatic hydroxyl groups is 1. The van der Waals surface area contributed by atoms with E-state index in [9.17, 15) is 48.9 Å². The molecule has 0 heterocycles. The first-order chi connectivity index (χ1) is 24.9. The number of carbonyl (C=O) groups excluding carboxylic acids is 5. The summed E-state index contributed by atoms with van der Waals surface area (Å²) in [6, 6.07) is 1.20. The fraction of sp³-hybridized carbons (Fsp3) is 0.588. The number of amides is 5. The lowest BCUT2D eigenvalue weighted by molar-refractivity contribution is -0.144. The monoisotopic (exact) mass is 749 g/mol. The first-order valence-corrected chi connectivity index (χ1v) is 17.3. The van der Waals surface area contributed by atoms with Crippen molar-refractivity contribution >= 4 is 47.4 Å². The Morgan fingerprint density at radius 1 is 0.717 bits per heavy atom. The highest BCUT2D eigenvalue weighted by molar-refractivity contribution is 5.96. The van der Waals surface area contributed by atoms with E-state index < -0.39 is 103 Å². The highest BCUT2D eigenvalue weighted by Gasteiger charge is 2.34. The number of benzene rings is 1. The molecule has 19 nitrogen and oxygen atoms in total. The van der Waals surface area contributed by atoms with Crippen molar-refractivity contribution in [2.75, 3.05) is 13.2 Å². The Kier molecular flexibility index (Phi) is 20.1. The lowest BCUT2D eigenvalue weighted by Gasteiger charge is -2.29. The topological polar surface area (TPSA) is 331 Å². The zero-order valence-electron chi connectivity index (χ0n) is 30.5. The largest absolute Gasteiger partial charge is 0.481 e. The highest BCUT2D eigenvalue weighted by atomic mass is 16.4. The number of aliphatic imine (C=N–C) groups is 1. The number of carboxylic acid groups (broad SMARTS) is 2. The third-order valence-corrected chi connectivity index (χ3v) is 7.88. The van der Waals surface area contributed by atoms with Crippen LogP contribution in [0.2, 0.25) is 0 Å². The van der Waals surface area contributed by atoms with E-state index in [0.29, 0.717) is 0 Å². The zero-order chi connectivity index (χ0) is 40.2. The molecule has 6 atom stereocenters. The van der Waals surface area contributed by atoms with E-state index in [-0.39, 0.29) is 44.1 Å². The number of hydrogen-bond acceptors (Lipinski definition) is 10. The Morgan fingerprint density at radius 2 is 1.25 bits per heavy atom. The SMILES string of the molecule is CC(C)C[C@H](NC(=O)[C@@H](N)Cc1ccccc1)C(=O)N[C@H](C(=O)N[C@@H](CCCN=C(N)N)C(=O)N[C@@H](CCC(=O)O)C(=O)N[C@@H](CO)C(=O)O)C(C)C.